The van der Waals surface area contributed by atoms with Crippen LogP contribution in [0.4, 0.5) is 0 Å². The number of rotatable bonds is 2. The minimum Gasteiger partial charge on any atom is -0.342 e. The van der Waals surface area contributed by atoms with Gasteiger partial charge >= 0.3 is 0 Å². The minimum atomic E-state index is -1.78. The molecule has 0 amide bonds. The van der Waals surface area contributed by atoms with E-state index in [1.54, 1.807) is 0 Å². The van der Waals surface area contributed by atoms with Crippen LogP contribution in [0.25, 0.3) is 0 Å². The van der Waals surface area contributed by atoms with Crippen LogP contribution in [0.15, 0.2) is 24.3 Å². The summed E-state index contributed by atoms with van der Waals surface area (Å²) >= 11 is 0. The second-order valence-electron chi connectivity index (χ2n) is 7.92. The summed E-state index contributed by atoms with van der Waals surface area (Å²) in [7, 11) is -1.78. The van der Waals surface area contributed by atoms with E-state index in [1.165, 1.54) is 11.1 Å². The van der Waals surface area contributed by atoms with Crippen molar-refractivity contribution in [3.63, 3.8) is 0 Å². The van der Waals surface area contributed by atoms with Gasteiger partial charge in [-0.2, -0.15) is 5.06 Å². The van der Waals surface area contributed by atoms with Crippen LogP contribution in [0, 0.1) is 0 Å². The minimum absolute atomic E-state index is 0. The maximum Gasteiger partial charge on any atom is 0.220 e. The Kier molecular flexibility index (Phi) is 5.37. The van der Waals surface area contributed by atoms with Gasteiger partial charge in [-0.25, -0.2) is 0 Å². The summed E-state index contributed by atoms with van der Waals surface area (Å²) in [6, 6.07) is 8.77. The van der Waals surface area contributed by atoms with Crippen molar-refractivity contribution in [3.05, 3.63) is 35.4 Å². The SMILES string of the molecule is CC1(C)c2ccccc2CCN1O[Si](C)(C)C(C)(C)C.Cl. The van der Waals surface area contributed by atoms with Crippen molar-refractivity contribution in [2.45, 2.75) is 64.7 Å². The summed E-state index contributed by atoms with van der Waals surface area (Å²) in [6.45, 7) is 17.1. The van der Waals surface area contributed by atoms with Gasteiger partial charge in [-0.3, -0.25) is 0 Å². The van der Waals surface area contributed by atoms with Crippen LogP contribution in [0.1, 0.15) is 45.7 Å². The number of hydrogen-bond donors (Lipinski definition) is 0. The van der Waals surface area contributed by atoms with Crippen LogP contribution in [-0.2, 0) is 16.5 Å². The number of nitrogens with zero attached hydrogens (tertiary/aromatic N) is 1. The largest absolute Gasteiger partial charge is 0.342 e. The zero-order valence-corrected chi connectivity index (χ0v) is 16.3. The standard InChI is InChI=1S/C17H29NOSi.ClH/c1-16(2,3)20(6,7)19-18-13-12-14-10-8-9-11-15(14)17(18,4)5;/h8-11H,12-13H2,1-7H3;1H. The fourth-order valence-corrected chi connectivity index (χ4v) is 3.69. The van der Waals surface area contributed by atoms with E-state index >= 15 is 0 Å². The molecule has 0 N–H and O–H groups in total. The molecule has 1 heterocycles. The molecule has 0 radical (unpaired) electrons. The molecule has 1 aliphatic heterocycles. The molecule has 0 unspecified atom stereocenters. The topological polar surface area (TPSA) is 12.5 Å². The zero-order valence-electron chi connectivity index (χ0n) is 14.5. The number of fused-ring (bicyclic) bond motifs is 1. The quantitative estimate of drug-likeness (QED) is 0.697. The van der Waals surface area contributed by atoms with Crippen molar-refractivity contribution in [1.29, 1.82) is 0 Å². The molecule has 0 saturated carbocycles. The van der Waals surface area contributed by atoms with Crippen LogP contribution in [-0.4, -0.2) is 19.9 Å². The third-order valence-electron chi connectivity index (χ3n) is 5.03. The van der Waals surface area contributed by atoms with Crippen LogP contribution in [0.5, 0.6) is 0 Å². The second-order valence-corrected chi connectivity index (χ2v) is 12.6. The van der Waals surface area contributed by atoms with Gasteiger partial charge in [0.25, 0.3) is 0 Å². The first kappa shape index (κ1) is 18.7. The van der Waals surface area contributed by atoms with E-state index in [0.717, 1.165) is 13.0 Å². The molecule has 0 aliphatic carbocycles. The molecule has 0 bridgehead atoms. The molecule has 0 aromatic heterocycles. The Hall–Kier alpha value is -0.353. The predicted molar refractivity (Wildman–Crippen MR) is 95.4 cm³/mol. The Labute approximate surface area is 137 Å². The van der Waals surface area contributed by atoms with Gasteiger partial charge in [-0.05, 0) is 49.5 Å². The Morgan fingerprint density at radius 2 is 1.71 bits per heavy atom. The molecule has 120 valence electrons. The molecule has 21 heavy (non-hydrogen) atoms. The summed E-state index contributed by atoms with van der Waals surface area (Å²) in [5.74, 6) is 0. The van der Waals surface area contributed by atoms with Crippen molar-refractivity contribution in [1.82, 2.24) is 5.06 Å². The molecule has 0 spiro atoms. The van der Waals surface area contributed by atoms with Gasteiger partial charge in [-0.15, -0.1) is 12.4 Å². The fourth-order valence-electron chi connectivity index (χ4n) is 2.54. The van der Waals surface area contributed by atoms with Gasteiger partial charge < -0.3 is 4.53 Å². The van der Waals surface area contributed by atoms with E-state index in [1.807, 2.05) is 0 Å². The van der Waals surface area contributed by atoms with Crippen molar-refractivity contribution >= 4 is 20.7 Å². The molecule has 1 aromatic rings. The lowest BCUT2D eigenvalue weighted by molar-refractivity contribution is -0.154. The van der Waals surface area contributed by atoms with Crippen LogP contribution >= 0.6 is 12.4 Å². The monoisotopic (exact) mass is 327 g/mol. The molecule has 1 aromatic carbocycles. The highest BCUT2D eigenvalue weighted by Crippen LogP contribution is 2.41. The van der Waals surface area contributed by atoms with Gasteiger partial charge in [0.05, 0.1) is 5.54 Å². The van der Waals surface area contributed by atoms with Gasteiger partial charge in [0.2, 0.25) is 8.32 Å². The molecular formula is C17H30ClNOSi. The normalized spacial score (nSPS) is 18.8. The van der Waals surface area contributed by atoms with Crippen molar-refractivity contribution in [2.24, 2.45) is 0 Å². The summed E-state index contributed by atoms with van der Waals surface area (Å²) in [5, 5.41) is 2.48. The van der Waals surface area contributed by atoms with Gasteiger partial charge in [0, 0.05) is 6.54 Å². The highest BCUT2D eigenvalue weighted by molar-refractivity contribution is 6.74. The van der Waals surface area contributed by atoms with Crippen molar-refractivity contribution < 1.29 is 4.53 Å². The smallest absolute Gasteiger partial charge is 0.220 e. The van der Waals surface area contributed by atoms with E-state index in [0.29, 0.717) is 0 Å². The van der Waals surface area contributed by atoms with Gasteiger partial charge in [0.1, 0.15) is 0 Å². The third kappa shape index (κ3) is 3.53. The summed E-state index contributed by atoms with van der Waals surface area (Å²) in [4.78, 5) is 0. The fraction of sp³-hybridized carbons (Fsp3) is 0.647. The molecule has 4 heteroatoms. The second kappa shape index (κ2) is 6.03. The van der Waals surface area contributed by atoms with Crippen molar-refractivity contribution in [2.75, 3.05) is 6.54 Å². The number of benzene rings is 1. The van der Waals surface area contributed by atoms with Crippen LogP contribution < -0.4 is 0 Å². The molecule has 2 rings (SSSR count). The predicted octanol–water partition coefficient (Wildman–Crippen LogP) is 5.14. The molecule has 0 saturated heterocycles. The highest BCUT2D eigenvalue weighted by Gasteiger charge is 2.44. The molecule has 2 nitrogen and oxygen atoms in total. The molecule has 0 fully saturated rings. The Bertz CT molecular complexity index is 494. The van der Waals surface area contributed by atoms with Crippen molar-refractivity contribution in [3.8, 4) is 0 Å². The van der Waals surface area contributed by atoms with E-state index in [-0.39, 0.29) is 23.0 Å². The first-order chi connectivity index (χ1) is 9.06. The average Bonchev–Trinajstić information content (AvgIpc) is 2.32. The Balaban J connectivity index is 0.00000220. The Morgan fingerprint density at radius 3 is 2.29 bits per heavy atom. The Morgan fingerprint density at radius 1 is 1.14 bits per heavy atom. The van der Waals surface area contributed by atoms with Crippen LogP contribution in [0.2, 0.25) is 18.1 Å². The van der Waals surface area contributed by atoms with E-state index in [2.05, 4.69) is 77.0 Å². The average molecular weight is 328 g/mol. The first-order valence-corrected chi connectivity index (χ1v) is 10.5. The maximum atomic E-state index is 6.59. The number of hydrogen-bond acceptors (Lipinski definition) is 2. The first-order valence-electron chi connectivity index (χ1n) is 7.61. The number of halogens is 1. The molecule has 0 atom stereocenters. The zero-order chi connectivity index (χ0) is 15.2. The number of hydroxylamine groups is 2. The van der Waals surface area contributed by atoms with E-state index in [9.17, 15) is 0 Å². The lowest BCUT2D eigenvalue weighted by Gasteiger charge is -2.48. The summed E-state index contributed by atoms with van der Waals surface area (Å²) in [6.07, 6.45) is 1.08. The van der Waals surface area contributed by atoms with Gasteiger partial charge in [-0.1, -0.05) is 45.0 Å². The van der Waals surface area contributed by atoms with E-state index in [4.69, 9.17) is 4.53 Å². The maximum absolute atomic E-state index is 6.59. The van der Waals surface area contributed by atoms with Crippen LogP contribution in [0.3, 0.4) is 0 Å². The van der Waals surface area contributed by atoms with E-state index < -0.39 is 8.32 Å². The molecular weight excluding hydrogens is 298 g/mol. The summed E-state index contributed by atoms with van der Waals surface area (Å²) in [5.41, 5.74) is 2.82. The third-order valence-corrected chi connectivity index (χ3v) is 9.32. The molecule has 1 aliphatic rings. The lowest BCUT2D eigenvalue weighted by Crippen LogP contribution is -2.54. The summed E-state index contributed by atoms with van der Waals surface area (Å²) < 4.78 is 6.59. The van der Waals surface area contributed by atoms with Gasteiger partial charge in [0.15, 0.2) is 0 Å². The lowest BCUT2D eigenvalue weighted by atomic mass is 9.85. The highest BCUT2D eigenvalue weighted by atomic mass is 35.5.